The predicted octanol–water partition coefficient (Wildman–Crippen LogP) is 1.37. The molecule has 1 unspecified atom stereocenters. The van der Waals surface area contributed by atoms with Gasteiger partial charge >= 0.3 is 0 Å². The monoisotopic (exact) mass is 265 g/mol. The van der Waals surface area contributed by atoms with Gasteiger partial charge in [-0.3, -0.25) is 9.69 Å². The first kappa shape index (κ1) is 14.0. The van der Waals surface area contributed by atoms with Gasteiger partial charge in [-0.15, -0.1) is 0 Å². The SMILES string of the molecule is Cc1cc(F)ccc1NC(=O)C(C)N1CCNCC1. The average molecular weight is 265 g/mol. The summed E-state index contributed by atoms with van der Waals surface area (Å²) in [7, 11) is 0. The first-order valence-electron chi connectivity index (χ1n) is 6.59. The molecular formula is C14H20FN3O. The number of aryl methyl sites for hydroxylation is 1. The maximum absolute atomic E-state index is 13.0. The maximum Gasteiger partial charge on any atom is 0.241 e. The number of halogens is 1. The lowest BCUT2D eigenvalue weighted by atomic mass is 10.1. The van der Waals surface area contributed by atoms with Crippen LogP contribution >= 0.6 is 0 Å². The molecule has 1 aromatic rings. The van der Waals surface area contributed by atoms with Gasteiger partial charge in [-0.05, 0) is 37.6 Å². The average Bonchev–Trinajstić information content (AvgIpc) is 2.42. The summed E-state index contributed by atoms with van der Waals surface area (Å²) in [6.07, 6.45) is 0. The van der Waals surface area contributed by atoms with Crippen LogP contribution < -0.4 is 10.6 Å². The first-order chi connectivity index (χ1) is 9.08. The molecule has 1 aliphatic heterocycles. The zero-order chi connectivity index (χ0) is 13.8. The van der Waals surface area contributed by atoms with Crippen molar-refractivity contribution in [2.75, 3.05) is 31.5 Å². The number of hydrogen-bond acceptors (Lipinski definition) is 3. The Balaban J connectivity index is 1.99. The van der Waals surface area contributed by atoms with Crippen molar-refractivity contribution < 1.29 is 9.18 Å². The van der Waals surface area contributed by atoms with Crippen molar-refractivity contribution in [3.63, 3.8) is 0 Å². The summed E-state index contributed by atoms with van der Waals surface area (Å²) in [6.45, 7) is 7.25. The molecule has 0 aliphatic carbocycles. The van der Waals surface area contributed by atoms with Crippen LogP contribution in [0.2, 0.25) is 0 Å². The summed E-state index contributed by atoms with van der Waals surface area (Å²) in [6, 6.07) is 4.21. The molecule has 104 valence electrons. The zero-order valence-electron chi connectivity index (χ0n) is 11.4. The fourth-order valence-electron chi connectivity index (χ4n) is 2.24. The van der Waals surface area contributed by atoms with Crippen LogP contribution in [0.1, 0.15) is 12.5 Å². The Morgan fingerprint density at radius 2 is 2.11 bits per heavy atom. The first-order valence-corrected chi connectivity index (χ1v) is 6.59. The van der Waals surface area contributed by atoms with E-state index in [9.17, 15) is 9.18 Å². The van der Waals surface area contributed by atoms with Gasteiger partial charge in [0.05, 0.1) is 6.04 Å². The molecule has 1 amide bonds. The van der Waals surface area contributed by atoms with E-state index in [1.807, 2.05) is 6.92 Å². The molecule has 0 spiro atoms. The molecule has 1 aromatic carbocycles. The minimum absolute atomic E-state index is 0.0448. The summed E-state index contributed by atoms with van der Waals surface area (Å²) in [5.41, 5.74) is 1.41. The number of benzene rings is 1. The highest BCUT2D eigenvalue weighted by molar-refractivity contribution is 5.95. The largest absolute Gasteiger partial charge is 0.324 e. The smallest absolute Gasteiger partial charge is 0.241 e. The molecule has 0 bridgehead atoms. The second-order valence-corrected chi connectivity index (χ2v) is 4.91. The normalized spacial score (nSPS) is 18.1. The van der Waals surface area contributed by atoms with Crippen molar-refractivity contribution in [2.45, 2.75) is 19.9 Å². The van der Waals surface area contributed by atoms with E-state index in [4.69, 9.17) is 0 Å². The number of rotatable bonds is 3. The van der Waals surface area contributed by atoms with E-state index in [0.717, 1.165) is 31.7 Å². The molecule has 2 N–H and O–H groups in total. The third-order valence-electron chi connectivity index (χ3n) is 3.53. The summed E-state index contributed by atoms with van der Waals surface area (Å²) in [5.74, 6) is -0.331. The highest BCUT2D eigenvalue weighted by Crippen LogP contribution is 2.16. The molecule has 1 saturated heterocycles. The van der Waals surface area contributed by atoms with Crippen LogP contribution in [0.25, 0.3) is 0 Å². The third-order valence-corrected chi connectivity index (χ3v) is 3.53. The van der Waals surface area contributed by atoms with E-state index < -0.39 is 0 Å². The summed E-state index contributed by atoms with van der Waals surface area (Å²) in [5, 5.41) is 6.13. The van der Waals surface area contributed by atoms with Crippen molar-refractivity contribution in [1.29, 1.82) is 0 Å². The Hall–Kier alpha value is -1.46. The fraction of sp³-hybridized carbons (Fsp3) is 0.500. The van der Waals surface area contributed by atoms with E-state index in [2.05, 4.69) is 15.5 Å². The van der Waals surface area contributed by atoms with Crippen molar-refractivity contribution in [1.82, 2.24) is 10.2 Å². The van der Waals surface area contributed by atoms with Gasteiger partial charge in [0.25, 0.3) is 0 Å². The molecule has 0 radical (unpaired) electrons. The van der Waals surface area contributed by atoms with Crippen LogP contribution in [-0.2, 0) is 4.79 Å². The minimum atomic E-state index is -0.286. The van der Waals surface area contributed by atoms with Crippen LogP contribution in [0.5, 0.6) is 0 Å². The molecular weight excluding hydrogens is 245 g/mol. The van der Waals surface area contributed by atoms with Gasteiger partial charge in [-0.25, -0.2) is 4.39 Å². The van der Waals surface area contributed by atoms with Gasteiger partial charge in [0.15, 0.2) is 0 Å². The van der Waals surface area contributed by atoms with Gasteiger partial charge in [-0.1, -0.05) is 0 Å². The van der Waals surface area contributed by atoms with Crippen LogP contribution in [-0.4, -0.2) is 43.0 Å². The number of nitrogens with zero attached hydrogens (tertiary/aromatic N) is 1. The number of hydrogen-bond donors (Lipinski definition) is 2. The molecule has 5 heteroatoms. The van der Waals surface area contributed by atoms with Gasteiger partial charge in [-0.2, -0.15) is 0 Å². The summed E-state index contributed by atoms with van der Waals surface area (Å²) >= 11 is 0. The number of nitrogens with one attached hydrogen (secondary N) is 2. The maximum atomic E-state index is 13.0. The fourth-order valence-corrected chi connectivity index (χ4v) is 2.24. The lowest BCUT2D eigenvalue weighted by Gasteiger charge is -2.31. The lowest BCUT2D eigenvalue weighted by Crippen LogP contribution is -2.51. The van der Waals surface area contributed by atoms with Gasteiger partial charge in [0, 0.05) is 31.9 Å². The topological polar surface area (TPSA) is 44.4 Å². The van der Waals surface area contributed by atoms with E-state index >= 15 is 0 Å². The second kappa shape index (κ2) is 6.12. The van der Waals surface area contributed by atoms with Crippen LogP contribution in [0, 0.1) is 12.7 Å². The number of carbonyl (C=O) groups excluding carboxylic acids is 1. The Bertz CT molecular complexity index is 458. The second-order valence-electron chi connectivity index (χ2n) is 4.91. The Labute approximate surface area is 113 Å². The molecule has 19 heavy (non-hydrogen) atoms. The van der Waals surface area contributed by atoms with E-state index in [1.165, 1.54) is 12.1 Å². The van der Waals surface area contributed by atoms with Gasteiger partial charge in [0.2, 0.25) is 5.91 Å². The molecule has 0 aromatic heterocycles. The standard InChI is InChI=1S/C14H20FN3O/c1-10-9-12(15)3-4-13(10)17-14(19)11(2)18-7-5-16-6-8-18/h3-4,9,11,16H,5-8H2,1-2H3,(H,17,19). The molecule has 2 rings (SSSR count). The highest BCUT2D eigenvalue weighted by atomic mass is 19.1. The third kappa shape index (κ3) is 3.52. The van der Waals surface area contributed by atoms with Crippen LogP contribution in [0.15, 0.2) is 18.2 Å². The van der Waals surface area contributed by atoms with Crippen molar-refractivity contribution in [3.05, 3.63) is 29.6 Å². The molecule has 0 saturated carbocycles. The van der Waals surface area contributed by atoms with E-state index in [-0.39, 0.29) is 17.8 Å². The van der Waals surface area contributed by atoms with Gasteiger partial charge < -0.3 is 10.6 Å². The molecule has 1 atom stereocenters. The highest BCUT2D eigenvalue weighted by Gasteiger charge is 2.22. The van der Waals surface area contributed by atoms with Gasteiger partial charge in [0.1, 0.15) is 5.82 Å². The lowest BCUT2D eigenvalue weighted by molar-refractivity contribution is -0.120. The van der Waals surface area contributed by atoms with E-state index in [0.29, 0.717) is 5.69 Å². The van der Waals surface area contributed by atoms with Crippen LogP contribution in [0.4, 0.5) is 10.1 Å². The van der Waals surface area contributed by atoms with Crippen LogP contribution in [0.3, 0.4) is 0 Å². The number of carbonyl (C=O) groups is 1. The number of anilines is 1. The summed E-state index contributed by atoms with van der Waals surface area (Å²) in [4.78, 5) is 14.3. The predicted molar refractivity (Wildman–Crippen MR) is 73.7 cm³/mol. The van der Waals surface area contributed by atoms with Crippen molar-refractivity contribution in [3.8, 4) is 0 Å². The molecule has 1 fully saturated rings. The minimum Gasteiger partial charge on any atom is -0.324 e. The quantitative estimate of drug-likeness (QED) is 0.867. The number of amides is 1. The van der Waals surface area contributed by atoms with E-state index in [1.54, 1.807) is 13.0 Å². The number of piperazine rings is 1. The molecule has 4 nitrogen and oxygen atoms in total. The van der Waals surface area contributed by atoms with Crippen molar-refractivity contribution >= 4 is 11.6 Å². The summed E-state index contributed by atoms with van der Waals surface area (Å²) < 4.78 is 13.0. The zero-order valence-corrected chi connectivity index (χ0v) is 11.4. The van der Waals surface area contributed by atoms with Crippen molar-refractivity contribution in [2.24, 2.45) is 0 Å². The molecule has 1 heterocycles. The Morgan fingerprint density at radius 1 is 1.42 bits per heavy atom. The Kier molecular flexibility index (Phi) is 4.50. The molecule has 1 aliphatic rings. The Morgan fingerprint density at radius 3 is 2.74 bits per heavy atom.